The molecule has 0 amide bonds. The first kappa shape index (κ1) is 16.7. The lowest BCUT2D eigenvalue weighted by Gasteiger charge is -2.21. The Labute approximate surface area is 153 Å². The van der Waals surface area contributed by atoms with E-state index >= 15 is 0 Å². The highest BCUT2D eigenvalue weighted by molar-refractivity contribution is 5.86. The van der Waals surface area contributed by atoms with Crippen molar-refractivity contribution in [3.63, 3.8) is 0 Å². The lowest BCUT2D eigenvalue weighted by Crippen LogP contribution is -2.17. The number of hydrogen-bond donors (Lipinski definition) is 1. The zero-order chi connectivity index (χ0) is 17.9. The Balaban J connectivity index is 1.71. The molecule has 6 heteroatoms. The van der Waals surface area contributed by atoms with E-state index in [1.807, 2.05) is 25.1 Å². The highest BCUT2D eigenvalue weighted by Gasteiger charge is 2.17. The summed E-state index contributed by atoms with van der Waals surface area (Å²) < 4.78 is 13.7. The number of aryl methyl sites for hydroxylation is 1. The summed E-state index contributed by atoms with van der Waals surface area (Å²) >= 11 is 0. The fourth-order valence-electron chi connectivity index (χ4n) is 3.30. The summed E-state index contributed by atoms with van der Waals surface area (Å²) in [6.07, 6.45) is 4.32. The van der Waals surface area contributed by atoms with Gasteiger partial charge in [0.25, 0.3) is 0 Å². The second-order valence-electron chi connectivity index (χ2n) is 6.52. The number of unbranched alkanes of at least 4 members (excludes halogenated alkanes) is 1. The van der Waals surface area contributed by atoms with Gasteiger partial charge in [-0.15, -0.1) is 0 Å². The van der Waals surface area contributed by atoms with E-state index in [2.05, 4.69) is 39.0 Å². The summed E-state index contributed by atoms with van der Waals surface area (Å²) in [5.74, 6) is 3.34. The molecule has 0 saturated heterocycles. The van der Waals surface area contributed by atoms with Crippen LogP contribution in [0.1, 0.15) is 31.2 Å². The molecule has 1 N–H and O–H groups in total. The molecule has 0 radical (unpaired) electrons. The maximum absolute atomic E-state index is 5.86. The first-order valence-corrected chi connectivity index (χ1v) is 9.21. The Morgan fingerprint density at radius 1 is 1.15 bits per heavy atom. The van der Waals surface area contributed by atoms with Crippen molar-refractivity contribution in [2.24, 2.45) is 0 Å². The molecule has 1 aromatic carbocycles. The molecule has 4 rings (SSSR count). The van der Waals surface area contributed by atoms with E-state index in [-0.39, 0.29) is 0 Å². The van der Waals surface area contributed by atoms with Gasteiger partial charge in [-0.1, -0.05) is 25.5 Å². The van der Waals surface area contributed by atoms with Gasteiger partial charge < -0.3 is 19.4 Å². The molecular formula is C20H24N4O2. The minimum atomic E-state index is 0.586. The number of fused-ring (bicyclic) bond motifs is 2. The first-order valence-electron chi connectivity index (χ1n) is 9.21. The van der Waals surface area contributed by atoms with E-state index in [4.69, 9.17) is 9.47 Å². The fourth-order valence-corrected chi connectivity index (χ4v) is 3.30. The molecule has 1 aliphatic heterocycles. The quantitative estimate of drug-likeness (QED) is 0.684. The normalized spacial score (nSPS) is 13.2. The van der Waals surface area contributed by atoms with Gasteiger partial charge in [0.2, 0.25) is 0 Å². The van der Waals surface area contributed by atoms with Gasteiger partial charge in [0.1, 0.15) is 24.6 Å². The Hall–Kier alpha value is -2.76. The Morgan fingerprint density at radius 2 is 2.04 bits per heavy atom. The van der Waals surface area contributed by atoms with Crippen LogP contribution in [0.15, 0.2) is 30.5 Å². The van der Waals surface area contributed by atoms with Crippen molar-refractivity contribution in [1.29, 1.82) is 0 Å². The van der Waals surface area contributed by atoms with Crippen LogP contribution in [0.3, 0.4) is 0 Å². The van der Waals surface area contributed by atoms with Crippen LogP contribution in [0.5, 0.6) is 11.5 Å². The van der Waals surface area contributed by atoms with E-state index in [0.717, 1.165) is 59.1 Å². The van der Waals surface area contributed by atoms with E-state index < -0.39 is 0 Å². The molecule has 0 atom stereocenters. The summed E-state index contributed by atoms with van der Waals surface area (Å²) in [6, 6.07) is 8.09. The molecule has 3 heterocycles. The van der Waals surface area contributed by atoms with Gasteiger partial charge >= 0.3 is 0 Å². The van der Waals surface area contributed by atoms with Crippen LogP contribution in [0.4, 0.5) is 5.82 Å². The van der Waals surface area contributed by atoms with Gasteiger partial charge in [-0.05, 0) is 25.5 Å². The molecule has 0 saturated carbocycles. The van der Waals surface area contributed by atoms with Gasteiger partial charge in [0.15, 0.2) is 17.3 Å². The Bertz CT molecular complexity index is 920. The average molecular weight is 352 g/mol. The number of rotatable bonds is 6. The Kier molecular flexibility index (Phi) is 4.65. The average Bonchev–Trinajstić information content (AvgIpc) is 3.05. The number of hydrogen-bond acceptors (Lipinski definition) is 5. The minimum Gasteiger partial charge on any atom is -0.486 e. The fraction of sp³-hybridized carbons (Fsp3) is 0.400. The summed E-state index contributed by atoms with van der Waals surface area (Å²) in [5.41, 5.74) is 3.08. The van der Waals surface area contributed by atoms with Gasteiger partial charge in [0.05, 0.1) is 12.1 Å². The van der Waals surface area contributed by atoms with E-state index in [1.54, 1.807) is 0 Å². The minimum absolute atomic E-state index is 0.586. The molecule has 26 heavy (non-hydrogen) atoms. The monoisotopic (exact) mass is 352 g/mol. The summed E-state index contributed by atoms with van der Waals surface area (Å²) in [4.78, 5) is 9.22. The molecular weight excluding hydrogens is 328 g/mol. The number of para-hydroxylation sites is 1. The third-order valence-electron chi connectivity index (χ3n) is 4.53. The van der Waals surface area contributed by atoms with Gasteiger partial charge in [0, 0.05) is 18.3 Å². The highest BCUT2D eigenvalue weighted by atomic mass is 16.6. The van der Waals surface area contributed by atoms with Crippen LogP contribution >= 0.6 is 0 Å². The van der Waals surface area contributed by atoms with Crippen molar-refractivity contribution in [3.05, 3.63) is 41.9 Å². The SMILES string of the molecule is CCCCNc1nc(C)nc2ccn(Cc3cccc4c3OCCO4)c12. The third kappa shape index (κ3) is 3.19. The van der Waals surface area contributed by atoms with Crippen molar-refractivity contribution >= 4 is 16.9 Å². The number of nitrogens with one attached hydrogen (secondary N) is 1. The van der Waals surface area contributed by atoms with Crippen LogP contribution in [-0.4, -0.2) is 34.3 Å². The Morgan fingerprint density at radius 3 is 2.92 bits per heavy atom. The standard InChI is InChI=1S/C20H24N4O2/c1-3-4-9-21-20-18-16(22-14(2)23-20)8-10-24(18)13-15-6-5-7-17-19(15)26-12-11-25-17/h5-8,10H,3-4,9,11-13H2,1-2H3,(H,21,22,23). The van der Waals surface area contributed by atoms with E-state index in [0.29, 0.717) is 19.8 Å². The van der Waals surface area contributed by atoms with E-state index in [1.165, 1.54) is 0 Å². The zero-order valence-corrected chi connectivity index (χ0v) is 15.3. The van der Waals surface area contributed by atoms with Crippen molar-refractivity contribution in [1.82, 2.24) is 14.5 Å². The lowest BCUT2D eigenvalue weighted by molar-refractivity contribution is 0.170. The van der Waals surface area contributed by atoms with Crippen molar-refractivity contribution in [2.45, 2.75) is 33.2 Å². The maximum Gasteiger partial charge on any atom is 0.166 e. The van der Waals surface area contributed by atoms with Crippen LogP contribution in [0, 0.1) is 6.92 Å². The molecule has 2 aromatic heterocycles. The third-order valence-corrected chi connectivity index (χ3v) is 4.53. The number of ether oxygens (including phenoxy) is 2. The predicted molar refractivity (Wildman–Crippen MR) is 102 cm³/mol. The lowest BCUT2D eigenvalue weighted by atomic mass is 10.1. The number of nitrogens with zero attached hydrogens (tertiary/aromatic N) is 3. The smallest absolute Gasteiger partial charge is 0.166 e. The molecule has 0 fully saturated rings. The molecule has 136 valence electrons. The van der Waals surface area contributed by atoms with Crippen molar-refractivity contribution in [3.8, 4) is 11.5 Å². The van der Waals surface area contributed by atoms with E-state index in [9.17, 15) is 0 Å². The number of anilines is 1. The van der Waals surface area contributed by atoms with Crippen LogP contribution in [-0.2, 0) is 6.54 Å². The predicted octanol–water partition coefficient (Wildman–Crippen LogP) is 3.77. The second kappa shape index (κ2) is 7.23. The summed E-state index contributed by atoms with van der Waals surface area (Å²) in [6.45, 7) is 6.90. The molecule has 0 spiro atoms. The molecule has 0 bridgehead atoms. The zero-order valence-electron chi connectivity index (χ0n) is 15.3. The second-order valence-corrected chi connectivity index (χ2v) is 6.52. The van der Waals surface area contributed by atoms with Crippen molar-refractivity contribution < 1.29 is 9.47 Å². The van der Waals surface area contributed by atoms with Gasteiger partial charge in [-0.3, -0.25) is 0 Å². The topological polar surface area (TPSA) is 61.2 Å². The van der Waals surface area contributed by atoms with Crippen LogP contribution < -0.4 is 14.8 Å². The molecule has 0 aliphatic carbocycles. The van der Waals surface area contributed by atoms with Crippen molar-refractivity contribution in [2.75, 3.05) is 25.1 Å². The highest BCUT2D eigenvalue weighted by Crippen LogP contribution is 2.35. The largest absolute Gasteiger partial charge is 0.486 e. The molecule has 3 aromatic rings. The first-order chi connectivity index (χ1) is 12.8. The van der Waals surface area contributed by atoms with Crippen LogP contribution in [0.2, 0.25) is 0 Å². The molecule has 0 unspecified atom stereocenters. The summed E-state index contributed by atoms with van der Waals surface area (Å²) in [7, 11) is 0. The van der Waals surface area contributed by atoms with Gasteiger partial charge in [-0.2, -0.15) is 0 Å². The molecule has 6 nitrogen and oxygen atoms in total. The van der Waals surface area contributed by atoms with Crippen LogP contribution in [0.25, 0.3) is 11.0 Å². The maximum atomic E-state index is 5.86. The number of benzene rings is 1. The van der Waals surface area contributed by atoms with Gasteiger partial charge in [-0.25, -0.2) is 9.97 Å². The molecule has 1 aliphatic rings. The number of aromatic nitrogens is 3. The summed E-state index contributed by atoms with van der Waals surface area (Å²) in [5, 5.41) is 3.48.